The van der Waals surface area contributed by atoms with Gasteiger partial charge in [-0.1, -0.05) is 6.07 Å². The van der Waals surface area contributed by atoms with Crippen molar-refractivity contribution in [2.75, 3.05) is 43.6 Å². The van der Waals surface area contributed by atoms with Crippen LogP contribution in [-0.2, 0) is 0 Å². The summed E-state index contributed by atoms with van der Waals surface area (Å²) in [6.07, 6.45) is 0. The Balaban J connectivity index is 2.03. The first-order chi connectivity index (χ1) is 10.2. The van der Waals surface area contributed by atoms with Gasteiger partial charge >= 0.3 is 0 Å². The highest BCUT2D eigenvalue weighted by Gasteiger charge is 2.18. The first-order valence-electron chi connectivity index (χ1n) is 6.80. The summed E-state index contributed by atoms with van der Waals surface area (Å²) >= 11 is 0. The van der Waals surface area contributed by atoms with Gasteiger partial charge in [-0.25, -0.2) is 15.7 Å². The second kappa shape index (κ2) is 5.52. The summed E-state index contributed by atoms with van der Waals surface area (Å²) in [4.78, 5) is 17.0. The zero-order valence-corrected chi connectivity index (χ0v) is 11.9. The Morgan fingerprint density at radius 2 is 2.00 bits per heavy atom. The van der Waals surface area contributed by atoms with Crippen LogP contribution in [0.4, 0.5) is 17.5 Å². The summed E-state index contributed by atoms with van der Waals surface area (Å²) < 4.78 is 0. The van der Waals surface area contributed by atoms with Gasteiger partial charge in [-0.05, 0) is 19.2 Å². The van der Waals surface area contributed by atoms with Gasteiger partial charge in [0.15, 0.2) is 11.5 Å². The van der Waals surface area contributed by atoms with Crippen molar-refractivity contribution in [1.82, 2.24) is 14.9 Å². The first kappa shape index (κ1) is 13.5. The molecule has 0 radical (unpaired) electrons. The second-order valence-corrected chi connectivity index (χ2v) is 5.12. The van der Waals surface area contributed by atoms with Crippen LogP contribution in [0.3, 0.4) is 0 Å². The Morgan fingerprint density at radius 1 is 1.24 bits per heavy atom. The number of hydrogen-bond acceptors (Lipinski definition) is 6. The average Bonchev–Trinajstić information content (AvgIpc) is 2.54. The summed E-state index contributed by atoms with van der Waals surface area (Å²) in [6, 6.07) is 5.35. The van der Waals surface area contributed by atoms with Crippen molar-refractivity contribution in [3.63, 3.8) is 0 Å². The lowest BCUT2D eigenvalue weighted by atomic mass is 10.2. The lowest BCUT2D eigenvalue weighted by Crippen LogP contribution is -2.45. The van der Waals surface area contributed by atoms with E-state index < -0.39 is 0 Å². The van der Waals surface area contributed by atoms with Crippen molar-refractivity contribution in [3.8, 4) is 0 Å². The summed E-state index contributed by atoms with van der Waals surface area (Å²) in [5.74, 6) is 6.82. The molecule has 7 heteroatoms. The molecule has 1 aliphatic heterocycles. The fourth-order valence-electron chi connectivity index (χ4n) is 2.43. The number of nitrogen functional groups attached to an aromatic ring is 1. The number of nitrogens with two attached hydrogens (primary N) is 1. The maximum atomic E-state index is 7.09. The van der Waals surface area contributed by atoms with E-state index in [1.165, 1.54) is 0 Å². The molecule has 0 unspecified atom stereocenters. The Bertz CT molecular complexity index is 698. The van der Waals surface area contributed by atoms with E-state index in [4.69, 9.17) is 12.4 Å². The molecule has 2 aromatic rings. The van der Waals surface area contributed by atoms with Crippen LogP contribution in [0.1, 0.15) is 0 Å². The first-order valence-corrected chi connectivity index (χ1v) is 6.80. The van der Waals surface area contributed by atoms with Gasteiger partial charge in [0.1, 0.15) is 0 Å². The molecular weight excluding hydrogens is 266 g/mol. The number of aromatic nitrogens is 2. The van der Waals surface area contributed by atoms with Crippen LogP contribution >= 0.6 is 0 Å². The molecule has 0 atom stereocenters. The molecule has 1 aliphatic rings. The van der Waals surface area contributed by atoms with Crippen molar-refractivity contribution in [2.24, 2.45) is 5.84 Å². The topological polar surface area (TPSA) is 74.7 Å². The van der Waals surface area contributed by atoms with Gasteiger partial charge < -0.3 is 15.2 Å². The number of rotatable bonds is 2. The normalized spacial score (nSPS) is 16.0. The fraction of sp³-hybridized carbons (Fsp3) is 0.357. The van der Waals surface area contributed by atoms with E-state index in [0.717, 1.165) is 37.1 Å². The number of benzene rings is 1. The van der Waals surface area contributed by atoms with E-state index in [-0.39, 0.29) is 0 Å². The van der Waals surface area contributed by atoms with Crippen molar-refractivity contribution in [3.05, 3.63) is 29.6 Å². The number of likely N-dealkylation sites (N-methyl/N-ethyl adjacent to an activating group) is 1. The number of hydrazine groups is 1. The molecule has 0 bridgehead atoms. The molecule has 0 aliphatic carbocycles. The Morgan fingerprint density at radius 3 is 2.67 bits per heavy atom. The van der Waals surface area contributed by atoms with E-state index in [0.29, 0.717) is 17.5 Å². The average molecular weight is 283 g/mol. The van der Waals surface area contributed by atoms with Gasteiger partial charge in [-0.2, -0.15) is 4.98 Å². The standard InChI is InChI=1S/C14H17N7/c1-16-10-3-4-12-11(9-10)13(19-15)18-14(17-12)21-7-5-20(2)6-8-21/h3-4,9H,5-8,15H2,2H3,(H,17,18,19). The van der Waals surface area contributed by atoms with Crippen molar-refractivity contribution >= 4 is 28.4 Å². The molecule has 1 fully saturated rings. The van der Waals surface area contributed by atoms with E-state index in [2.05, 4.69) is 37.1 Å². The predicted molar refractivity (Wildman–Crippen MR) is 83.3 cm³/mol. The highest BCUT2D eigenvalue weighted by atomic mass is 15.3. The van der Waals surface area contributed by atoms with Crippen molar-refractivity contribution in [1.29, 1.82) is 0 Å². The van der Waals surface area contributed by atoms with Crippen LogP contribution in [0.25, 0.3) is 15.7 Å². The van der Waals surface area contributed by atoms with Gasteiger partial charge in [0, 0.05) is 31.6 Å². The smallest absolute Gasteiger partial charge is 0.228 e. The highest BCUT2D eigenvalue weighted by Crippen LogP contribution is 2.27. The fourth-order valence-corrected chi connectivity index (χ4v) is 2.43. The minimum absolute atomic E-state index is 0.551. The molecule has 3 rings (SSSR count). The van der Waals surface area contributed by atoms with Crippen molar-refractivity contribution < 1.29 is 0 Å². The third-order valence-electron chi connectivity index (χ3n) is 3.72. The van der Waals surface area contributed by atoms with Crippen LogP contribution in [-0.4, -0.2) is 48.1 Å². The second-order valence-electron chi connectivity index (χ2n) is 5.12. The monoisotopic (exact) mass is 283 g/mol. The molecule has 3 N–H and O–H groups in total. The number of nitrogens with zero attached hydrogens (tertiary/aromatic N) is 5. The zero-order chi connectivity index (χ0) is 14.8. The lowest BCUT2D eigenvalue weighted by Gasteiger charge is -2.32. The van der Waals surface area contributed by atoms with Crippen LogP contribution in [0.2, 0.25) is 0 Å². The maximum Gasteiger partial charge on any atom is 0.228 e. The van der Waals surface area contributed by atoms with Gasteiger partial charge in [0.25, 0.3) is 0 Å². The number of piperazine rings is 1. The zero-order valence-electron chi connectivity index (χ0n) is 11.9. The number of fused-ring (bicyclic) bond motifs is 1. The predicted octanol–water partition coefficient (Wildman–Crippen LogP) is 1.22. The summed E-state index contributed by atoms with van der Waals surface area (Å²) in [7, 11) is 2.11. The number of hydrogen-bond donors (Lipinski definition) is 2. The molecule has 1 aromatic carbocycles. The van der Waals surface area contributed by atoms with Gasteiger partial charge in [-0.3, -0.25) is 0 Å². The van der Waals surface area contributed by atoms with Crippen LogP contribution in [0.15, 0.2) is 18.2 Å². The highest BCUT2D eigenvalue weighted by molar-refractivity contribution is 5.92. The molecule has 21 heavy (non-hydrogen) atoms. The summed E-state index contributed by atoms with van der Waals surface area (Å²) in [5.41, 5.74) is 3.96. The van der Waals surface area contributed by atoms with E-state index in [9.17, 15) is 0 Å². The molecule has 1 saturated heterocycles. The van der Waals surface area contributed by atoms with Gasteiger partial charge in [0.05, 0.1) is 12.1 Å². The SMILES string of the molecule is [C-]#[N+]c1ccc2nc(N3CCN(C)CC3)nc(NN)c2c1. The Kier molecular flexibility index (Phi) is 3.56. The third kappa shape index (κ3) is 2.59. The molecule has 7 nitrogen and oxygen atoms in total. The minimum Gasteiger partial charge on any atom is -0.338 e. The third-order valence-corrected chi connectivity index (χ3v) is 3.72. The van der Waals surface area contributed by atoms with Crippen LogP contribution in [0, 0.1) is 6.57 Å². The molecule has 108 valence electrons. The Hall–Kier alpha value is -2.43. The minimum atomic E-state index is 0.551. The Labute approximate surface area is 123 Å². The van der Waals surface area contributed by atoms with Gasteiger partial charge in [-0.15, -0.1) is 0 Å². The van der Waals surface area contributed by atoms with Gasteiger partial charge in [0.2, 0.25) is 5.95 Å². The molecule has 0 saturated carbocycles. The van der Waals surface area contributed by atoms with E-state index in [1.807, 2.05) is 6.07 Å². The van der Waals surface area contributed by atoms with Crippen LogP contribution < -0.4 is 16.2 Å². The van der Waals surface area contributed by atoms with Crippen molar-refractivity contribution in [2.45, 2.75) is 0 Å². The molecule has 0 amide bonds. The molecular formula is C14H17N7. The summed E-state index contributed by atoms with van der Waals surface area (Å²) in [6.45, 7) is 10.9. The van der Waals surface area contributed by atoms with Crippen LogP contribution in [0.5, 0.6) is 0 Å². The largest absolute Gasteiger partial charge is 0.338 e. The quantitative estimate of drug-likeness (QED) is 0.490. The lowest BCUT2D eigenvalue weighted by molar-refractivity contribution is 0.311. The van der Waals surface area contributed by atoms with E-state index in [1.54, 1.807) is 12.1 Å². The molecule has 2 heterocycles. The number of anilines is 2. The van der Waals surface area contributed by atoms with E-state index >= 15 is 0 Å². The summed E-state index contributed by atoms with van der Waals surface area (Å²) in [5, 5.41) is 0.767. The maximum absolute atomic E-state index is 7.09. The molecule has 1 aromatic heterocycles. The number of nitrogens with one attached hydrogen (secondary N) is 1. The molecule has 0 spiro atoms.